The molecule has 3 aromatic rings. The first-order valence-electron chi connectivity index (χ1n) is 5.61. The Morgan fingerprint density at radius 1 is 1.26 bits per heavy atom. The summed E-state index contributed by atoms with van der Waals surface area (Å²) in [4.78, 5) is 8.69. The minimum Gasteiger partial charge on any atom is -0.440 e. The normalized spacial score (nSPS) is 11.0. The molecule has 0 atom stereocenters. The van der Waals surface area contributed by atoms with E-state index in [1.54, 1.807) is 18.0 Å². The lowest BCUT2D eigenvalue weighted by Gasteiger charge is -1.99. The van der Waals surface area contributed by atoms with Crippen LogP contribution in [-0.4, -0.2) is 9.97 Å². The van der Waals surface area contributed by atoms with E-state index < -0.39 is 0 Å². The standard InChI is InChI=1S/C13H10BrN3OS/c14-8-3-2-6-16-13(8)19-7-11-17-12-9(15)4-1-5-10(12)18-11/h1-6H,7,15H2. The highest BCUT2D eigenvalue weighted by atomic mass is 79.9. The van der Waals surface area contributed by atoms with E-state index in [9.17, 15) is 0 Å². The van der Waals surface area contributed by atoms with E-state index in [-0.39, 0.29) is 0 Å². The zero-order valence-corrected chi connectivity index (χ0v) is 12.2. The van der Waals surface area contributed by atoms with Crippen molar-refractivity contribution in [3.63, 3.8) is 0 Å². The van der Waals surface area contributed by atoms with Crippen molar-refractivity contribution in [1.82, 2.24) is 9.97 Å². The van der Waals surface area contributed by atoms with Gasteiger partial charge in [-0.25, -0.2) is 9.97 Å². The third-order valence-corrected chi connectivity index (χ3v) is 4.44. The second-order valence-corrected chi connectivity index (χ2v) is 5.70. The van der Waals surface area contributed by atoms with Crippen LogP contribution in [0.3, 0.4) is 0 Å². The molecule has 3 rings (SSSR count). The van der Waals surface area contributed by atoms with Gasteiger partial charge in [0.2, 0.25) is 5.89 Å². The summed E-state index contributed by atoms with van der Waals surface area (Å²) >= 11 is 5.03. The Kier molecular flexibility index (Phi) is 3.44. The number of fused-ring (bicyclic) bond motifs is 1. The van der Waals surface area contributed by atoms with E-state index in [0.717, 1.165) is 20.6 Å². The molecule has 0 fully saturated rings. The molecule has 0 spiro atoms. The SMILES string of the molecule is Nc1cccc2oc(CSc3ncccc3Br)nc12. The summed E-state index contributed by atoms with van der Waals surface area (Å²) in [5.41, 5.74) is 7.93. The molecule has 0 unspecified atom stereocenters. The van der Waals surface area contributed by atoms with Crippen LogP contribution in [0, 0.1) is 0 Å². The van der Waals surface area contributed by atoms with Crippen LogP contribution in [-0.2, 0) is 5.75 Å². The highest BCUT2D eigenvalue weighted by Gasteiger charge is 2.09. The number of aromatic nitrogens is 2. The first-order valence-corrected chi connectivity index (χ1v) is 7.39. The van der Waals surface area contributed by atoms with Gasteiger partial charge >= 0.3 is 0 Å². The molecule has 19 heavy (non-hydrogen) atoms. The van der Waals surface area contributed by atoms with Crippen LogP contribution in [0.5, 0.6) is 0 Å². The third kappa shape index (κ3) is 2.59. The second kappa shape index (κ2) is 5.22. The number of thioether (sulfide) groups is 1. The number of anilines is 1. The van der Waals surface area contributed by atoms with E-state index in [0.29, 0.717) is 17.3 Å². The maximum atomic E-state index is 5.85. The van der Waals surface area contributed by atoms with Crippen molar-refractivity contribution in [2.75, 3.05) is 5.73 Å². The number of hydrogen-bond donors (Lipinski definition) is 1. The topological polar surface area (TPSA) is 64.9 Å². The molecule has 0 amide bonds. The Labute approximate surface area is 122 Å². The fourth-order valence-electron chi connectivity index (χ4n) is 1.69. The highest BCUT2D eigenvalue weighted by Crippen LogP contribution is 2.29. The maximum Gasteiger partial charge on any atom is 0.205 e. The lowest BCUT2D eigenvalue weighted by Crippen LogP contribution is -1.86. The fourth-order valence-corrected chi connectivity index (χ4v) is 3.01. The molecule has 96 valence electrons. The van der Waals surface area contributed by atoms with Crippen molar-refractivity contribution in [3.8, 4) is 0 Å². The summed E-state index contributed by atoms with van der Waals surface area (Å²) in [6.07, 6.45) is 1.76. The van der Waals surface area contributed by atoms with Crippen LogP contribution in [0.25, 0.3) is 11.1 Å². The molecule has 2 aromatic heterocycles. The molecule has 0 aliphatic carbocycles. The van der Waals surface area contributed by atoms with Crippen LogP contribution in [0.15, 0.2) is 50.4 Å². The quantitative estimate of drug-likeness (QED) is 0.581. The minimum atomic E-state index is 0.615. The van der Waals surface area contributed by atoms with E-state index in [4.69, 9.17) is 10.2 Å². The summed E-state index contributed by atoms with van der Waals surface area (Å²) < 4.78 is 6.62. The average molecular weight is 336 g/mol. The van der Waals surface area contributed by atoms with Crippen LogP contribution in [0.2, 0.25) is 0 Å². The van der Waals surface area contributed by atoms with Crippen molar-refractivity contribution in [2.45, 2.75) is 10.8 Å². The van der Waals surface area contributed by atoms with Gasteiger partial charge in [-0.3, -0.25) is 0 Å². The molecule has 0 saturated heterocycles. The number of pyridine rings is 1. The van der Waals surface area contributed by atoms with Gasteiger partial charge in [0.05, 0.1) is 11.4 Å². The summed E-state index contributed by atoms with van der Waals surface area (Å²) in [6, 6.07) is 9.38. The van der Waals surface area contributed by atoms with Crippen molar-refractivity contribution in [2.24, 2.45) is 0 Å². The lowest BCUT2D eigenvalue weighted by molar-refractivity contribution is 0.556. The molecule has 0 aliphatic rings. The number of benzene rings is 1. The van der Waals surface area contributed by atoms with Crippen LogP contribution >= 0.6 is 27.7 Å². The van der Waals surface area contributed by atoms with Gasteiger partial charge in [0.25, 0.3) is 0 Å². The minimum absolute atomic E-state index is 0.615. The largest absolute Gasteiger partial charge is 0.440 e. The number of para-hydroxylation sites is 1. The Morgan fingerprint density at radius 2 is 2.16 bits per heavy atom. The molecule has 0 radical (unpaired) electrons. The molecular weight excluding hydrogens is 326 g/mol. The number of nitrogen functional groups attached to an aromatic ring is 1. The summed E-state index contributed by atoms with van der Waals surface area (Å²) in [5.74, 6) is 1.26. The third-order valence-electron chi connectivity index (χ3n) is 2.55. The highest BCUT2D eigenvalue weighted by molar-refractivity contribution is 9.10. The van der Waals surface area contributed by atoms with Gasteiger partial charge in [-0.2, -0.15) is 0 Å². The van der Waals surface area contributed by atoms with E-state index in [1.807, 2.05) is 30.3 Å². The van der Waals surface area contributed by atoms with E-state index in [2.05, 4.69) is 25.9 Å². The van der Waals surface area contributed by atoms with Crippen molar-refractivity contribution < 1.29 is 4.42 Å². The number of oxazole rings is 1. The molecule has 2 heterocycles. The smallest absolute Gasteiger partial charge is 0.205 e. The number of nitrogens with zero attached hydrogens (tertiary/aromatic N) is 2. The van der Waals surface area contributed by atoms with Gasteiger partial charge in [0, 0.05) is 10.7 Å². The molecule has 1 aromatic carbocycles. The lowest BCUT2D eigenvalue weighted by atomic mass is 10.3. The zero-order chi connectivity index (χ0) is 13.2. The Morgan fingerprint density at radius 3 is 2.95 bits per heavy atom. The Hall–Kier alpha value is -1.53. The van der Waals surface area contributed by atoms with Gasteiger partial charge in [0.15, 0.2) is 5.58 Å². The van der Waals surface area contributed by atoms with Gasteiger partial charge in [0.1, 0.15) is 10.5 Å². The van der Waals surface area contributed by atoms with Crippen molar-refractivity contribution in [3.05, 3.63) is 46.9 Å². The Balaban J connectivity index is 1.83. The molecular formula is C13H10BrN3OS. The van der Waals surface area contributed by atoms with Gasteiger partial charge < -0.3 is 10.2 Å². The summed E-state index contributed by atoms with van der Waals surface area (Å²) in [5, 5.41) is 0.915. The second-order valence-electron chi connectivity index (χ2n) is 3.88. The predicted octanol–water partition coefficient (Wildman–Crippen LogP) is 3.86. The van der Waals surface area contributed by atoms with Crippen molar-refractivity contribution >= 4 is 44.5 Å². The monoisotopic (exact) mass is 335 g/mol. The predicted molar refractivity (Wildman–Crippen MR) is 79.9 cm³/mol. The van der Waals surface area contributed by atoms with Crippen molar-refractivity contribution in [1.29, 1.82) is 0 Å². The van der Waals surface area contributed by atoms with Crippen LogP contribution in [0.4, 0.5) is 5.69 Å². The summed E-state index contributed by atoms with van der Waals surface area (Å²) in [7, 11) is 0. The molecule has 0 aliphatic heterocycles. The number of hydrogen-bond acceptors (Lipinski definition) is 5. The molecule has 0 saturated carbocycles. The van der Waals surface area contributed by atoms with Crippen LogP contribution in [0.1, 0.15) is 5.89 Å². The van der Waals surface area contributed by atoms with E-state index in [1.165, 1.54) is 0 Å². The van der Waals surface area contributed by atoms with Gasteiger partial charge in [-0.15, -0.1) is 0 Å². The zero-order valence-electron chi connectivity index (χ0n) is 9.84. The van der Waals surface area contributed by atoms with Gasteiger partial charge in [-0.1, -0.05) is 17.8 Å². The molecule has 6 heteroatoms. The summed E-state index contributed by atoms with van der Waals surface area (Å²) in [6.45, 7) is 0. The maximum absolute atomic E-state index is 5.85. The first kappa shape index (κ1) is 12.5. The Bertz CT molecular complexity index is 729. The average Bonchev–Trinajstić information content (AvgIpc) is 2.82. The first-order chi connectivity index (χ1) is 9.24. The molecule has 4 nitrogen and oxygen atoms in total. The van der Waals surface area contributed by atoms with E-state index >= 15 is 0 Å². The van der Waals surface area contributed by atoms with Crippen LogP contribution < -0.4 is 5.73 Å². The molecule has 2 N–H and O–H groups in total. The fraction of sp³-hybridized carbons (Fsp3) is 0.0769. The number of rotatable bonds is 3. The number of nitrogens with two attached hydrogens (primary N) is 1. The number of halogens is 1. The molecule has 0 bridgehead atoms. The van der Waals surface area contributed by atoms with Gasteiger partial charge in [-0.05, 0) is 40.2 Å².